The van der Waals surface area contributed by atoms with Gasteiger partial charge in [-0.05, 0) is 54.9 Å². The highest BCUT2D eigenvalue weighted by atomic mass is 79.9. The summed E-state index contributed by atoms with van der Waals surface area (Å²) in [5, 5.41) is 2.74. The zero-order chi connectivity index (χ0) is 21.0. The summed E-state index contributed by atoms with van der Waals surface area (Å²) >= 11 is 7.36. The van der Waals surface area contributed by atoms with Crippen molar-refractivity contribution in [2.45, 2.75) is 42.4 Å². The lowest BCUT2D eigenvalue weighted by molar-refractivity contribution is -0.147. The molecule has 1 heterocycles. The van der Waals surface area contributed by atoms with Gasteiger partial charge in [-0.1, -0.05) is 45.7 Å². The molecule has 7 atom stereocenters. The van der Waals surface area contributed by atoms with Crippen LogP contribution in [0.3, 0.4) is 0 Å². The summed E-state index contributed by atoms with van der Waals surface area (Å²) in [7, 11) is 0. The molecular weight excluding hydrogens is 507 g/mol. The van der Waals surface area contributed by atoms with Gasteiger partial charge >= 0.3 is 0 Å². The van der Waals surface area contributed by atoms with Crippen LogP contribution in [0.1, 0.15) is 26.7 Å². The van der Waals surface area contributed by atoms with Gasteiger partial charge in [0.25, 0.3) is 0 Å². The number of hydrogen-bond acceptors (Lipinski definition) is 3. The van der Waals surface area contributed by atoms with Gasteiger partial charge in [-0.2, -0.15) is 0 Å². The van der Waals surface area contributed by atoms with E-state index in [4.69, 9.17) is 0 Å². The maximum absolute atomic E-state index is 13.3. The first-order chi connectivity index (χ1) is 13.7. The first-order valence-corrected chi connectivity index (χ1v) is 11.7. The largest absolute Gasteiger partial charge is 0.324 e. The fourth-order valence-corrected chi connectivity index (χ4v) is 7.09. The Morgan fingerprint density at radius 3 is 2.10 bits per heavy atom. The lowest BCUT2D eigenvalue weighted by atomic mass is 9.81. The number of nitrogens with zero attached hydrogens (tertiary/aromatic N) is 1. The number of carbonyl (C=O) groups excluding carboxylic acids is 3. The highest BCUT2D eigenvalue weighted by Crippen LogP contribution is 2.60. The van der Waals surface area contributed by atoms with E-state index in [-0.39, 0.29) is 51.1 Å². The molecule has 5 nitrogen and oxygen atoms in total. The van der Waals surface area contributed by atoms with Gasteiger partial charge in [0.15, 0.2) is 0 Å². The Kier molecular flexibility index (Phi) is 5.61. The summed E-state index contributed by atoms with van der Waals surface area (Å²) in [6, 6.07) is 4.58. The van der Waals surface area contributed by atoms with Gasteiger partial charge in [0.05, 0.1) is 11.8 Å². The van der Waals surface area contributed by atoms with E-state index in [9.17, 15) is 18.8 Å². The number of halogens is 3. The number of anilines is 1. The lowest BCUT2D eigenvalue weighted by Gasteiger charge is -2.28. The average Bonchev–Trinajstić information content (AvgIpc) is 3.27. The molecule has 3 fully saturated rings. The molecule has 0 unspecified atom stereocenters. The summed E-state index contributed by atoms with van der Waals surface area (Å²) in [6.07, 6.45) is 1.23. The van der Waals surface area contributed by atoms with Crippen molar-refractivity contribution in [2.75, 3.05) is 5.32 Å². The SMILES string of the molecule is CC(C)C[C@H](C(=O)Nc1ccc(F)cc1)N1C(=O)[C@@H]2[C@H]3C[C@@H]([C@H](Br)[C@@H]3Br)[C@@H]2C1=O. The lowest BCUT2D eigenvalue weighted by Crippen LogP contribution is -2.49. The topological polar surface area (TPSA) is 66.5 Å². The third-order valence-electron chi connectivity index (χ3n) is 6.44. The van der Waals surface area contributed by atoms with E-state index in [0.29, 0.717) is 12.1 Å². The first-order valence-electron chi connectivity index (χ1n) is 9.92. The van der Waals surface area contributed by atoms with E-state index in [1.165, 1.54) is 29.2 Å². The first kappa shape index (κ1) is 21.0. The summed E-state index contributed by atoms with van der Waals surface area (Å²) in [4.78, 5) is 41.2. The summed E-state index contributed by atoms with van der Waals surface area (Å²) in [6.45, 7) is 3.91. The Morgan fingerprint density at radius 1 is 1.10 bits per heavy atom. The molecule has 29 heavy (non-hydrogen) atoms. The molecule has 2 aliphatic carbocycles. The molecule has 3 amide bonds. The number of amides is 3. The zero-order valence-corrected chi connectivity index (χ0v) is 19.3. The Morgan fingerprint density at radius 2 is 1.62 bits per heavy atom. The Hall–Kier alpha value is -1.28. The minimum Gasteiger partial charge on any atom is -0.324 e. The standard InChI is InChI=1S/C21H23Br2FN2O3/c1-9(2)7-14(19(27)25-11-5-3-10(24)4-6-11)26-20(28)15-12-8-13(16(15)21(26)29)18(23)17(12)22/h3-6,9,12-18H,7-8H2,1-2H3,(H,25,27)/t12-,13-,14-,15-,16+,17-,18+/m1/s1. The minimum atomic E-state index is -0.868. The number of carbonyl (C=O) groups is 3. The van der Waals surface area contributed by atoms with Gasteiger partial charge in [-0.25, -0.2) is 4.39 Å². The van der Waals surface area contributed by atoms with Crippen LogP contribution in [0.25, 0.3) is 0 Å². The van der Waals surface area contributed by atoms with Crippen LogP contribution in [0.4, 0.5) is 10.1 Å². The summed E-state index contributed by atoms with van der Waals surface area (Å²) < 4.78 is 13.2. The Bertz CT molecular complexity index is 815. The van der Waals surface area contributed by atoms with E-state index < -0.39 is 17.8 Å². The molecule has 1 saturated heterocycles. The molecule has 1 aliphatic heterocycles. The molecule has 1 aromatic rings. The molecule has 0 aromatic heterocycles. The predicted molar refractivity (Wildman–Crippen MR) is 114 cm³/mol. The van der Waals surface area contributed by atoms with Crippen molar-refractivity contribution in [2.24, 2.45) is 29.6 Å². The van der Waals surface area contributed by atoms with Crippen LogP contribution in [-0.2, 0) is 14.4 Å². The van der Waals surface area contributed by atoms with Crippen molar-refractivity contribution in [1.29, 1.82) is 0 Å². The highest BCUT2D eigenvalue weighted by Gasteiger charge is 2.67. The number of alkyl halides is 2. The van der Waals surface area contributed by atoms with E-state index >= 15 is 0 Å². The molecule has 0 spiro atoms. The number of hydrogen-bond donors (Lipinski definition) is 1. The predicted octanol–water partition coefficient (Wildman–Crippen LogP) is 3.96. The van der Waals surface area contributed by atoms with Crippen molar-refractivity contribution in [3.63, 3.8) is 0 Å². The second-order valence-corrected chi connectivity index (χ2v) is 10.8. The second-order valence-electron chi connectivity index (χ2n) is 8.69. The van der Waals surface area contributed by atoms with E-state index in [1.807, 2.05) is 13.8 Å². The van der Waals surface area contributed by atoms with Gasteiger partial charge in [-0.15, -0.1) is 0 Å². The normalized spacial score (nSPS) is 34.1. The molecule has 4 rings (SSSR count). The molecule has 2 saturated carbocycles. The Labute approximate surface area is 186 Å². The number of fused-ring (bicyclic) bond motifs is 5. The van der Waals surface area contributed by atoms with Crippen molar-refractivity contribution in [1.82, 2.24) is 4.90 Å². The van der Waals surface area contributed by atoms with Crippen molar-refractivity contribution < 1.29 is 18.8 Å². The molecule has 0 radical (unpaired) electrons. The van der Waals surface area contributed by atoms with Crippen LogP contribution in [0.15, 0.2) is 24.3 Å². The van der Waals surface area contributed by atoms with E-state index in [0.717, 1.165) is 6.42 Å². The van der Waals surface area contributed by atoms with Gasteiger partial charge < -0.3 is 5.32 Å². The number of nitrogens with one attached hydrogen (secondary N) is 1. The van der Waals surface area contributed by atoms with E-state index in [1.54, 1.807) is 0 Å². The third kappa shape index (κ3) is 3.46. The van der Waals surface area contributed by atoms with Gasteiger partial charge in [-0.3, -0.25) is 19.3 Å². The van der Waals surface area contributed by atoms with Crippen LogP contribution in [0.2, 0.25) is 0 Å². The number of likely N-dealkylation sites (tertiary alicyclic amines) is 1. The zero-order valence-electron chi connectivity index (χ0n) is 16.1. The van der Waals surface area contributed by atoms with Gasteiger partial charge in [0, 0.05) is 15.3 Å². The quantitative estimate of drug-likeness (QED) is 0.464. The molecule has 156 valence electrons. The summed E-state index contributed by atoms with van der Waals surface area (Å²) in [5.41, 5.74) is 0.436. The van der Waals surface area contributed by atoms with Gasteiger partial charge in [0.1, 0.15) is 11.9 Å². The van der Waals surface area contributed by atoms with Crippen molar-refractivity contribution >= 4 is 55.3 Å². The monoisotopic (exact) mass is 528 g/mol. The molecular formula is C21H23Br2FN2O3. The van der Waals surface area contributed by atoms with Crippen LogP contribution < -0.4 is 5.32 Å². The Balaban J connectivity index is 1.60. The average molecular weight is 530 g/mol. The number of benzene rings is 1. The van der Waals surface area contributed by atoms with Crippen molar-refractivity contribution in [3.05, 3.63) is 30.1 Å². The smallest absolute Gasteiger partial charge is 0.247 e. The minimum absolute atomic E-state index is 0.107. The van der Waals surface area contributed by atoms with Crippen molar-refractivity contribution in [3.8, 4) is 0 Å². The molecule has 1 aromatic carbocycles. The van der Waals surface area contributed by atoms with Crippen LogP contribution in [0, 0.1) is 35.4 Å². The maximum Gasteiger partial charge on any atom is 0.247 e. The number of rotatable bonds is 5. The van der Waals surface area contributed by atoms with Crippen LogP contribution >= 0.6 is 31.9 Å². The molecule has 3 aliphatic rings. The van der Waals surface area contributed by atoms with Crippen LogP contribution in [0.5, 0.6) is 0 Å². The van der Waals surface area contributed by atoms with Crippen LogP contribution in [-0.4, -0.2) is 38.3 Å². The maximum atomic E-state index is 13.3. The second kappa shape index (κ2) is 7.76. The fraction of sp³-hybridized carbons (Fsp3) is 0.571. The van der Waals surface area contributed by atoms with E-state index in [2.05, 4.69) is 37.2 Å². The highest BCUT2D eigenvalue weighted by molar-refractivity contribution is 9.12. The fourth-order valence-electron chi connectivity index (χ4n) is 5.21. The number of imide groups is 1. The molecule has 8 heteroatoms. The third-order valence-corrected chi connectivity index (χ3v) is 9.65. The molecule has 1 N–H and O–H groups in total. The van der Waals surface area contributed by atoms with Gasteiger partial charge in [0.2, 0.25) is 17.7 Å². The molecule has 2 bridgehead atoms. The summed E-state index contributed by atoms with van der Waals surface area (Å²) in [5.74, 6) is -1.63.